The number of hydrogen-bond acceptors (Lipinski definition) is 1. The first-order valence-electron chi connectivity index (χ1n) is 4.66. The Morgan fingerprint density at radius 3 is 2.79 bits per heavy atom. The van der Waals surface area contributed by atoms with E-state index in [4.69, 9.17) is 0 Å². The fourth-order valence-corrected chi connectivity index (χ4v) is 1.39. The molecule has 3 heteroatoms. The van der Waals surface area contributed by atoms with E-state index in [1.807, 2.05) is 13.0 Å². The summed E-state index contributed by atoms with van der Waals surface area (Å²) in [5, 5.41) is 2.77. The molecule has 1 N–H and O–H groups in total. The Kier molecular flexibility index (Phi) is 3.63. The summed E-state index contributed by atoms with van der Waals surface area (Å²) >= 11 is 0. The summed E-state index contributed by atoms with van der Waals surface area (Å²) in [5.74, 6) is -0.368. The van der Waals surface area contributed by atoms with Crippen molar-refractivity contribution in [3.8, 4) is 0 Å². The lowest BCUT2D eigenvalue weighted by molar-refractivity contribution is -0.119. The summed E-state index contributed by atoms with van der Waals surface area (Å²) in [6, 6.07) is 6.21. The number of amides is 1. The third-order valence-corrected chi connectivity index (χ3v) is 2.04. The van der Waals surface area contributed by atoms with Gasteiger partial charge in [0.05, 0.1) is 6.04 Å². The van der Waals surface area contributed by atoms with E-state index >= 15 is 0 Å². The third-order valence-electron chi connectivity index (χ3n) is 2.04. The van der Waals surface area contributed by atoms with Gasteiger partial charge in [-0.05, 0) is 24.1 Å². The molecule has 14 heavy (non-hydrogen) atoms. The molecule has 1 atom stereocenters. The van der Waals surface area contributed by atoms with Crippen LogP contribution in [0.1, 0.15) is 31.9 Å². The van der Waals surface area contributed by atoms with Crippen molar-refractivity contribution in [3.63, 3.8) is 0 Å². The van der Waals surface area contributed by atoms with E-state index in [1.54, 1.807) is 6.07 Å². The summed E-state index contributed by atoms with van der Waals surface area (Å²) in [6.45, 7) is 3.41. The number of rotatable bonds is 3. The number of benzene rings is 1. The number of carbonyl (C=O) groups is 1. The second-order valence-corrected chi connectivity index (χ2v) is 3.22. The molecule has 1 amide bonds. The van der Waals surface area contributed by atoms with Crippen molar-refractivity contribution in [2.75, 3.05) is 0 Å². The number of carbonyl (C=O) groups excluding carboxylic acids is 1. The van der Waals surface area contributed by atoms with E-state index in [1.165, 1.54) is 19.1 Å². The average molecular weight is 195 g/mol. The predicted octanol–water partition coefficient (Wildman–Crippen LogP) is 2.41. The first-order chi connectivity index (χ1) is 6.63. The molecule has 0 aliphatic rings. The Morgan fingerprint density at radius 1 is 1.57 bits per heavy atom. The second kappa shape index (κ2) is 4.74. The van der Waals surface area contributed by atoms with Gasteiger partial charge in [0.2, 0.25) is 5.91 Å². The molecular formula is C11H14FNO. The lowest BCUT2D eigenvalue weighted by Gasteiger charge is -2.15. The molecular weight excluding hydrogens is 181 g/mol. The topological polar surface area (TPSA) is 29.1 Å². The lowest BCUT2D eigenvalue weighted by Crippen LogP contribution is -2.25. The molecule has 0 spiro atoms. The molecule has 0 aliphatic heterocycles. The molecule has 76 valence electrons. The minimum absolute atomic E-state index is 0.0943. The standard InChI is InChI=1S/C11H14FNO/c1-3-11(13-8(2)14)9-5-4-6-10(12)7-9/h4-7,11H,3H2,1-2H3,(H,13,14)/t11-/m0/s1. The largest absolute Gasteiger partial charge is 0.350 e. The summed E-state index contributed by atoms with van der Waals surface area (Å²) in [7, 11) is 0. The number of hydrogen-bond donors (Lipinski definition) is 1. The Bertz CT molecular complexity index is 325. The Labute approximate surface area is 83.1 Å². The highest BCUT2D eigenvalue weighted by atomic mass is 19.1. The molecule has 0 aromatic heterocycles. The van der Waals surface area contributed by atoms with Crippen LogP contribution in [0, 0.1) is 5.82 Å². The molecule has 0 fully saturated rings. The zero-order valence-electron chi connectivity index (χ0n) is 8.38. The maximum Gasteiger partial charge on any atom is 0.217 e. The normalized spacial score (nSPS) is 12.2. The highest BCUT2D eigenvalue weighted by molar-refractivity contribution is 5.73. The summed E-state index contributed by atoms with van der Waals surface area (Å²) in [4.78, 5) is 10.9. The second-order valence-electron chi connectivity index (χ2n) is 3.22. The molecule has 1 aromatic rings. The van der Waals surface area contributed by atoms with Gasteiger partial charge in [-0.15, -0.1) is 0 Å². The van der Waals surface area contributed by atoms with E-state index in [-0.39, 0.29) is 17.8 Å². The molecule has 2 nitrogen and oxygen atoms in total. The van der Waals surface area contributed by atoms with Crippen molar-refractivity contribution in [2.45, 2.75) is 26.3 Å². The molecule has 0 saturated carbocycles. The van der Waals surface area contributed by atoms with Crippen molar-refractivity contribution in [3.05, 3.63) is 35.6 Å². The summed E-state index contributed by atoms with van der Waals surface area (Å²) in [6.07, 6.45) is 0.753. The van der Waals surface area contributed by atoms with E-state index < -0.39 is 0 Å². The molecule has 0 bridgehead atoms. The zero-order valence-corrected chi connectivity index (χ0v) is 8.38. The van der Waals surface area contributed by atoms with Gasteiger partial charge >= 0.3 is 0 Å². The van der Waals surface area contributed by atoms with E-state index in [9.17, 15) is 9.18 Å². The van der Waals surface area contributed by atoms with E-state index in [0.717, 1.165) is 12.0 Å². The lowest BCUT2D eigenvalue weighted by atomic mass is 10.0. The predicted molar refractivity (Wildman–Crippen MR) is 53.2 cm³/mol. The van der Waals surface area contributed by atoms with Gasteiger partial charge in [-0.2, -0.15) is 0 Å². The van der Waals surface area contributed by atoms with Crippen molar-refractivity contribution in [1.29, 1.82) is 0 Å². The Morgan fingerprint density at radius 2 is 2.29 bits per heavy atom. The van der Waals surface area contributed by atoms with Gasteiger partial charge in [-0.1, -0.05) is 19.1 Å². The van der Waals surface area contributed by atoms with Gasteiger partial charge in [-0.25, -0.2) is 4.39 Å². The van der Waals surface area contributed by atoms with Crippen molar-refractivity contribution in [2.24, 2.45) is 0 Å². The Hall–Kier alpha value is -1.38. The van der Waals surface area contributed by atoms with Crippen LogP contribution in [0.3, 0.4) is 0 Å². The van der Waals surface area contributed by atoms with Gasteiger partial charge in [0.1, 0.15) is 5.82 Å². The minimum atomic E-state index is -0.272. The SMILES string of the molecule is CC[C@H](NC(C)=O)c1cccc(F)c1. The van der Waals surface area contributed by atoms with Crippen molar-refractivity contribution < 1.29 is 9.18 Å². The van der Waals surface area contributed by atoms with Crippen LogP contribution in [0.2, 0.25) is 0 Å². The van der Waals surface area contributed by atoms with Crippen LogP contribution in [0.15, 0.2) is 24.3 Å². The molecule has 0 radical (unpaired) electrons. The highest BCUT2D eigenvalue weighted by Gasteiger charge is 2.10. The van der Waals surface area contributed by atoms with Crippen LogP contribution in [-0.4, -0.2) is 5.91 Å². The van der Waals surface area contributed by atoms with Gasteiger partial charge in [0.25, 0.3) is 0 Å². The summed E-state index contributed by atoms with van der Waals surface area (Å²) in [5.41, 5.74) is 0.808. The highest BCUT2D eigenvalue weighted by Crippen LogP contribution is 2.16. The first-order valence-corrected chi connectivity index (χ1v) is 4.66. The summed E-state index contributed by atoms with van der Waals surface area (Å²) < 4.78 is 12.9. The van der Waals surface area contributed by atoms with Crippen LogP contribution < -0.4 is 5.32 Å². The Balaban J connectivity index is 2.83. The molecule has 1 aromatic carbocycles. The van der Waals surface area contributed by atoms with Gasteiger partial charge in [0.15, 0.2) is 0 Å². The van der Waals surface area contributed by atoms with E-state index in [2.05, 4.69) is 5.32 Å². The molecule has 0 saturated heterocycles. The fourth-order valence-electron chi connectivity index (χ4n) is 1.39. The smallest absolute Gasteiger partial charge is 0.217 e. The zero-order chi connectivity index (χ0) is 10.6. The number of nitrogens with one attached hydrogen (secondary N) is 1. The maximum atomic E-state index is 12.9. The minimum Gasteiger partial charge on any atom is -0.350 e. The van der Waals surface area contributed by atoms with E-state index in [0.29, 0.717) is 0 Å². The van der Waals surface area contributed by atoms with Gasteiger partial charge < -0.3 is 5.32 Å². The monoisotopic (exact) mass is 195 g/mol. The quantitative estimate of drug-likeness (QED) is 0.788. The van der Waals surface area contributed by atoms with Crippen LogP contribution in [-0.2, 0) is 4.79 Å². The third kappa shape index (κ3) is 2.83. The van der Waals surface area contributed by atoms with Crippen LogP contribution in [0.25, 0.3) is 0 Å². The van der Waals surface area contributed by atoms with Gasteiger partial charge in [-0.3, -0.25) is 4.79 Å². The van der Waals surface area contributed by atoms with Crippen molar-refractivity contribution >= 4 is 5.91 Å². The molecule has 0 aliphatic carbocycles. The maximum absolute atomic E-state index is 12.9. The van der Waals surface area contributed by atoms with Crippen LogP contribution in [0.5, 0.6) is 0 Å². The molecule has 0 heterocycles. The first kappa shape index (κ1) is 10.7. The molecule has 1 rings (SSSR count). The van der Waals surface area contributed by atoms with Gasteiger partial charge in [0, 0.05) is 6.92 Å². The number of halogens is 1. The van der Waals surface area contributed by atoms with Crippen LogP contribution >= 0.6 is 0 Å². The van der Waals surface area contributed by atoms with Crippen LogP contribution in [0.4, 0.5) is 4.39 Å². The fraction of sp³-hybridized carbons (Fsp3) is 0.364. The average Bonchev–Trinajstić information content (AvgIpc) is 2.14. The van der Waals surface area contributed by atoms with Crippen molar-refractivity contribution in [1.82, 2.24) is 5.32 Å². The molecule has 0 unspecified atom stereocenters.